The van der Waals surface area contributed by atoms with Crippen molar-refractivity contribution in [1.29, 1.82) is 0 Å². The van der Waals surface area contributed by atoms with Crippen LogP contribution < -0.4 is 28.6 Å². The van der Waals surface area contributed by atoms with E-state index in [2.05, 4.69) is 43.5 Å². The van der Waals surface area contributed by atoms with Crippen molar-refractivity contribution in [3.05, 3.63) is 41.6 Å². The maximum absolute atomic E-state index is 14.5. The van der Waals surface area contributed by atoms with Crippen molar-refractivity contribution in [3.8, 4) is 17.2 Å². The van der Waals surface area contributed by atoms with E-state index >= 15 is 0 Å². The first-order chi connectivity index (χ1) is 26.4. The Bertz CT molecular complexity index is 1490. The van der Waals surface area contributed by atoms with E-state index in [9.17, 15) is 14.4 Å². The zero-order chi connectivity index (χ0) is 42.2. The molecule has 2 radical (unpaired) electrons. The number of pyridine rings is 1. The first-order valence-electron chi connectivity index (χ1n) is 20.3. The van der Waals surface area contributed by atoms with Crippen molar-refractivity contribution in [2.75, 3.05) is 28.4 Å². The molecule has 0 bridgehead atoms. The predicted octanol–water partition coefficient (Wildman–Crippen LogP) is 8.51. The van der Waals surface area contributed by atoms with E-state index in [1.165, 1.54) is 68.6 Å². The number of methoxy groups -OCH3 is 4. The van der Waals surface area contributed by atoms with Crippen LogP contribution in [0.5, 0.6) is 17.2 Å². The quantitative estimate of drug-likeness (QED) is 0.0833. The number of nitrogens with zero attached hydrogens (tertiary/aromatic N) is 1. The van der Waals surface area contributed by atoms with Gasteiger partial charge in [-0.3, -0.25) is 0 Å². The molecule has 0 aliphatic heterocycles. The van der Waals surface area contributed by atoms with Gasteiger partial charge in [0.25, 0.3) is 0 Å². The van der Waals surface area contributed by atoms with Crippen molar-refractivity contribution < 1.29 is 38.1 Å². The summed E-state index contributed by atoms with van der Waals surface area (Å²) in [6.07, 6.45) is 12.4. The monoisotopic (exact) mass is 889 g/mol. The van der Waals surface area contributed by atoms with Gasteiger partial charge in [-0.25, -0.2) is 0 Å². The summed E-state index contributed by atoms with van der Waals surface area (Å²) in [5, 5.41) is 5.96. The molecule has 56 heavy (non-hydrogen) atoms. The van der Waals surface area contributed by atoms with Crippen LogP contribution in [0.2, 0.25) is 3.43 Å². The topological polar surface area (TPSA) is 134 Å². The van der Waals surface area contributed by atoms with Crippen LogP contribution >= 0.6 is 0 Å². The van der Waals surface area contributed by atoms with Crippen molar-refractivity contribution >= 4 is 42.8 Å². The number of carbonyl (C=O) groups is 3. The Balaban J connectivity index is 2.63. The van der Waals surface area contributed by atoms with Crippen LogP contribution in [0, 0.1) is 11.3 Å². The summed E-state index contributed by atoms with van der Waals surface area (Å²) in [5.74, 6) is -0.279. The molecule has 0 aliphatic rings. The zero-order valence-corrected chi connectivity index (χ0v) is 39.5. The average molecular weight is 889 g/mol. The number of amides is 2. The van der Waals surface area contributed by atoms with Crippen molar-refractivity contribution in [2.24, 2.45) is 11.3 Å². The van der Waals surface area contributed by atoms with Gasteiger partial charge < -0.3 is 4.74 Å². The second kappa shape index (κ2) is 22.6. The van der Waals surface area contributed by atoms with Gasteiger partial charge in [0.05, 0.1) is 21.3 Å². The second-order valence-corrected chi connectivity index (χ2v) is 22.1. The fourth-order valence-electron chi connectivity index (χ4n) is 7.12. The first-order valence-corrected chi connectivity index (χ1v) is 23.1. The number of esters is 1. The van der Waals surface area contributed by atoms with E-state index in [1.807, 2.05) is 27.0 Å². The van der Waals surface area contributed by atoms with Crippen molar-refractivity contribution in [3.63, 3.8) is 0 Å². The van der Waals surface area contributed by atoms with Crippen LogP contribution in [0.1, 0.15) is 138 Å². The van der Waals surface area contributed by atoms with Gasteiger partial charge in [-0.2, -0.15) is 0 Å². The molecule has 2 atom stereocenters. The Morgan fingerprint density at radius 2 is 1.36 bits per heavy atom. The number of aromatic nitrogens is 1. The Morgan fingerprint density at radius 3 is 1.77 bits per heavy atom. The third-order valence-electron chi connectivity index (χ3n) is 10.4. The molecule has 1 aromatic heterocycles. The van der Waals surface area contributed by atoms with E-state index in [0.717, 1.165) is 5.56 Å². The summed E-state index contributed by atoms with van der Waals surface area (Å²) in [5.41, 5.74) is -1.87. The number of carbonyl (C=O) groups excluding carboxylic acids is 3. The van der Waals surface area contributed by atoms with E-state index in [-0.39, 0.29) is 25.3 Å². The van der Waals surface area contributed by atoms with Crippen molar-refractivity contribution in [1.82, 2.24) is 15.6 Å². The Hall–Kier alpha value is -3.22. The molecule has 2 aromatic rings. The second-order valence-electron chi connectivity index (χ2n) is 16.9. The Morgan fingerprint density at radius 1 is 0.804 bits per heavy atom. The van der Waals surface area contributed by atoms with Crippen LogP contribution in [-0.2, 0) is 32.0 Å². The fraction of sp³-hybridized carbons (Fsp3) is 0.682. The Labute approximate surface area is 347 Å². The van der Waals surface area contributed by atoms with Gasteiger partial charge in [-0.05, 0) is 20.8 Å². The van der Waals surface area contributed by atoms with Gasteiger partial charge in [0, 0.05) is 0 Å². The third-order valence-corrected chi connectivity index (χ3v) is 15.7. The summed E-state index contributed by atoms with van der Waals surface area (Å²) < 4.78 is 29.3. The van der Waals surface area contributed by atoms with Gasteiger partial charge in [-0.1, -0.05) is 0 Å². The molecule has 2 rings (SSSR count). The number of unbranched alkanes of at least 4 members (excludes halogenated alkanes) is 3. The van der Waals surface area contributed by atoms with Crippen LogP contribution in [0.4, 0.5) is 4.79 Å². The van der Waals surface area contributed by atoms with Gasteiger partial charge in [0.1, 0.15) is 5.75 Å². The molecule has 1 aromatic carbocycles. The number of ether oxygens (including phenoxy) is 5. The number of hydrogen-bond donors (Lipinski definition) is 2. The van der Waals surface area contributed by atoms with Crippen LogP contribution in [0.25, 0.3) is 0 Å². The van der Waals surface area contributed by atoms with Crippen LogP contribution in [-0.4, -0.2) is 83.7 Å². The van der Waals surface area contributed by atoms with Gasteiger partial charge >= 0.3 is 297 Å². The van der Waals surface area contributed by atoms with Crippen molar-refractivity contribution in [2.45, 2.75) is 154 Å². The third kappa shape index (κ3) is 14.3. The number of nitrogens with one attached hydrogen (secondary N) is 2. The minimum atomic E-state index is -1.64. The van der Waals surface area contributed by atoms with E-state index in [0.29, 0.717) is 26.2 Å². The Kier molecular flexibility index (Phi) is 19.8. The van der Waals surface area contributed by atoms with Gasteiger partial charge in [-0.15, -0.1) is 0 Å². The molecular formula is C44H71N3O8Sn. The molecule has 314 valence electrons. The van der Waals surface area contributed by atoms with E-state index in [4.69, 9.17) is 28.7 Å². The summed E-state index contributed by atoms with van der Waals surface area (Å²) in [4.78, 5) is 46.9. The molecule has 0 spiro atoms. The summed E-state index contributed by atoms with van der Waals surface area (Å²) in [6, 6.07) is 7.71. The zero-order valence-electron chi connectivity index (χ0n) is 36.7. The normalized spacial score (nSPS) is 13.6. The molecular weight excluding hydrogens is 817 g/mol. The van der Waals surface area contributed by atoms with Crippen LogP contribution in [0.3, 0.4) is 0 Å². The van der Waals surface area contributed by atoms with E-state index < -0.39 is 55.7 Å². The molecule has 0 unspecified atom stereocenters. The van der Waals surface area contributed by atoms with Gasteiger partial charge in [0.15, 0.2) is 0 Å². The molecule has 0 aliphatic carbocycles. The predicted molar refractivity (Wildman–Crippen MR) is 224 cm³/mol. The van der Waals surface area contributed by atoms with Crippen LogP contribution in [0.15, 0.2) is 30.5 Å². The summed E-state index contributed by atoms with van der Waals surface area (Å²) in [7, 11) is 5.92. The molecule has 0 saturated carbocycles. The SMILES string of the molecule is CCCC[C](CCCC)(CCCC)[Sn][c]1ccc(C[C@@H](C[C@@](NC(=O)OC(C)(C)C)(C(=O)OC)C(C)(C)C)C(=O)NCc2c(OC)cc(OC)cc2OC)cn1. The molecule has 2 amide bonds. The maximum atomic E-state index is 14.5. The number of benzene rings is 1. The number of alkyl carbamates (subject to hydrolysis) is 1. The molecule has 0 saturated heterocycles. The number of rotatable bonds is 23. The molecule has 1 heterocycles. The van der Waals surface area contributed by atoms with Gasteiger partial charge in [0.2, 0.25) is 0 Å². The van der Waals surface area contributed by atoms with E-state index in [1.54, 1.807) is 54.2 Å². The summed E-state index contributed by atoms with van der Waals surface area (Å²) >= 11 is -1.08. The summed E-state index contributed by atoms with van der Waals surface area (Å²) in [6.45, 7) is 17.7. The average Bonchev–Trinajstić information content (AvgIpc) is 3.15. The first kappa shape index (κ1) is 48.9. The fourth-order valence-corrected chi connectivity index (χ4v) is 12.1. The molecule has 2 N–H and O–H groups in total. The number of hydrogen-bond acceptors (Lipinski definition) is 9. The molecule has 0 fully saturated rings. The minimum absolute atomic E-state index is 0.0717. The standard InChI is InChI=1S/C31H44N3O8.C13H27.Sn/c1-29(2,3)31(27(36)41-10,34-28(37)42-30(4,5)6)17-21(14-20-12-11-13-32-18-20)26(35)33-19-23-24(39-8)15-22(38-7)16-25(23)40-9;1-4-7-10-13(11-8-5-2)12-9-6-3;/h11-12,15-16,18,21H,14,17,19H2,1-10H3,(H,33,35)(H,34,37);4-12H2,1-3H3;/t21-,31+;;/m0../s1. The molecule has 12 heteroatoms. The molecule has 11 nitrogen and oxygen atoms in total.